The van der Waals surface area contributed by atoms with E-state index < -0.39 is 0 Å². The van der Waals surface area contributed by atoms with Crippen molar-refractivity contribution in [3.8, 4) is 0 Å². The van der Waals surface area contributed by atoms with Gasteiger partial charge in [0.2, 0.25) is 5.91 Å². The fourth-order valence-corrected chi connectivity index (χ4v) is 3.52. The van der Waals surface area contributed by atoms with Crippen molar-refractivity contribution in [1.29, 1.82) is 0 Å². The first kappa shape index (κ1) is 14.3. The van der Waals surface area contributed by atoms with Crippen molar-refractivity contribution in [2.24, 2.45) is 0 Å². The number of amides is 1. The summed E-state index contributed by atoms with van der Waals surface area (Å²) in [6.07, 6.45) is 0.510. The lowest BCUT2D eigenvalue weighted by Gasteiger charge is -2.40. The van der Waals surface area contributed by atoms with E-state index in [0.717, 1.165) is 25.2 Å². The monoisotopic (exact) mass is 300 g/mol. The number of thiophene rings is 1. The molecule has 2 heterocycles. The van der Waals surface area contributed by atoms with Crippen LogP contribution < -0.4 is 0 Å². The maximum Gasteiger partial charge on any atom is 0.227 e. The average molecular weight is 300 g/mol. The molecular weight excluding hydrogens is 280 g/mol. The van der Waals surface area contributed by atoms with E-state index in [1.54, 1.807) is 11.3 Å². The predicted octanol–water partition coefficient (Wildman–Crippen LogP) is 2.81. The summed E-state index contributed by atoms with van der Waals surface area (Å²) in [7, 11) is 2.12. The number of nitrogens with zero attached hydrogens (tertiary/aromatic N) is 2. The minimum Gasteiger partial charge on any atom is -0.333 e. The van der Waals surface area contributed by atoms with Crippen molar-refractivity contribution in [2.75, 3.05) is 26.7 Å². The molecular formula is C17H20N2OS. The highest BCUT2D eigenvalue weighted by atomic mass is 32.1. The summed E-state index contributed by atoms with van der Waals surface area (Å²) in [5, 5.41) is 4.09. The van der Waals surface area contributed by atoms with Gasteiger partial charge in [-0.25, -0.2) is 0 Å². The van der Waals surface area contributed by atoms with E-state index in [-0.39, 0.29) is 11.9 Å². The van der Waals surface area contributed by atoms with Crippen LogP contribution in [0, 0.1) is 0 Å². The molecule has 0 spiro atoms. The molecule has 0 unspecified atom stereocenters. The van der Waals surface area contributed by atoms with Gasteiger partial charge in [0, 0.05) is 19.6 Å². The zero-order chi connectivity index (χ0) is 14.7. The Labute approximate surface area is 129 Å². The molecule has 0 bridgehead atoms. The van der Waals surface area contributed by atoms with E-state index in [0.29, 0.717) is 6.42 Å². The summed E-state index contributed by atoms with van der Waals surface area (Å²) in [5.41, 5.74) is 2.35. The molecule has 2 aromatic rings. The lowest BCUT2D eigenvalue weighted by Crippen LogP contribution is -2.49. The number of likely N-dealkylation sites (N-methyl/N-ethyl adjacent to an activating group) is 1. The molecule has 3 nitrogen and oxygen atoms in total. The molecule has 1 aliphatic heterocycles. The van der Waals surface area contributed by atoms with Gasteiger partial charge in [-0.3, -0.25) is 4.79 Å². The van der Waals surface area contributed by atoms with Gasteiger partial charge in [-0.05, 0) is 35.0 Å². The average Bonchev–Trinajstić information content (AvgIpc) is 3.01. The second-order valence-corrected chi connectivity index (χ2v) is 6.36. The zero-order valence-electron chi connectivity index (χ0n) is 12.2. The Hall–Kier alpha value is -1.65. The zero-order valence-corrected chi connectivity index (χ0v) is 13.1. The molecule has 0 N–H and O–H groups in total. The van der Waals surface area contributed by atoms with Crippen LogP contribution >= 0.6 is 11.3 Å². The Balaban J connectivity index is 1.79. The van der Waals surface area contributed by atoms with E-state index in [4.69, 9.17) is 0 Å². The first-order valence-electron chi connectivity index (χ1n) is 7.28. The first-order chi connectivity index (χ1) is 10.2. The van der Waals surface area contributed by atoms with Crippen molar-refractivity contribution >= 4 is 17.2 Å². The fourth-order valence-electron chi connectivity index (χ4n) is 2.85. The Morgan fingerprint density at radius 1 is 1.24 bits per heavy atom. The van der Waals surface area contributed by atoms with Crippen molar-refractivity contribution in [3.63, 3.8) is 0 Å². The Morgan fingerprint density at radius 3 is 2.76 bits per heavy atom. The molecule has 0 aliphatic carbocycles. The quantitative estimate of drug-likeness (QED) is 0.870. The molecule has 4 heteroatoms. The van der Waals surface area contributed by atoms with Crippen molar-refractivity contribution in [3.05, 3.63) is 58.3 Å². The third-order valence-electron chi connectivity index (χ3n) is 4.02. The van der Waals surface area contributed by atoms with Crippen LogP contribution in [0.15, 0.2) is 47.2 Å². The van der Waals surface area contributed by atoms with E-state index in [2.05, 4.69) is 29.5 Å². The third kappa shape index (κ3) is 3.34. The van der Waals surface area contributed by atoms with Gasteiger partial charge in [0.1, 0.15) is 0 Å². The molecule has 3 rings (SSSR count). The molecule has 1 aromatic carbocycles. The third-order valence-corrected chi connectivity index (χ3v) is 4.76. The Morgan fingerprint density at radius 2 is 2.05 bits per heavy atom. The van der Waals surface area contributed by atoms with Gasteiger partial charge in [0.05, 0.1) is 12.5 Å². The summed E-state index contributed by atoms with van der Waals surface area (Å²) in [4.78, 5) is 17.0. The van der Waals surface area contributed by atoms with E-state index in [1.165, 1.54) is 5.56 Å². The minimum atomic E-state index is 0.163. The summed E-state index contributed by atoms with van der Waals surface area (Å²) >= 11 is 1.65. The van der Waals surface area contributed by atoms with Gasteiger partial charge in [-0.1, -0.05) is 30.3 Å². The van der Waals surface area contributed by atoms with Crippen LogP contribution in [0.5, 0.6) is 0 Å². The smallest absolute Gasteiger partial charge is 0.227 e. The number of piperazine rings is 1. The Bertz CT molecular complexity index is 582. The highest BCUT2D eigenvalue weighted by molar-refractivity contribution is 7.07. The van der Waals surface area contributed by atoms with Crippen LogP contribution in [0.3, 0.4) is 0 Å². The SMILES string of the molecule is CN1CCN(C(=O)Cc2ccsc2)[C@H](c2ccccc2)C1. The van der Waals surface area contributed by atoms with E-state index >= 15 is 0 Å². The molecule has 1 atom stereocenters. The molecule has 110 valence electrons. The van der Waals surface area contributed by atoms with Gasteiger partial charge in [-0.15, -0.1) is 0 Å². The van der Waals surface area contributed by atoms with Gasteiger partial charge >= 0.3 is 0 Å². The van der Waals surface area contributed by atoms with Gasteiger partial charge in [-0.2, -0.15) is 11.3 Å². The highest BCUT2D eigenvalue weighted by Crippen LogP contribution is 2.25. The number of hydrogen-bond donors (Lipinski definition) is 0. The summed E-state index contributed by atoms with van der Waals surface area (Å²) in [6.45, 7) is 2.65. The molecule has 1 saturated heterocycles. The molecule has 0 radical (unpaired) electrons. The van der Waals surface area contributed by atoms with E-state index in [9.17, 15) is 4.79 Å². The minimum absolute atomic E-state index is 0.163. The van der Waals surface area contributed by atoms with Gasteiger partial charge < -0.3 is 9.80 Å². The molecule has 1 aliphatic rings. The highest BCUT2D eigenvalue weighted by Gasteiger charge is 2.29. The Kier molecular flexibility index (Phi) is 4.36. The van der Waals surface area contributed by atoms with Crippen LogP contribution in [-0.2, 0) is 11.2 Å². The molecule has 1 fully saturated rings. The summed E-state index contributed by atoms with van der Waals surface area (Å²) in [6, 6.07) is 12.6. The lowest BCUT2D eigenvalue weighted by molar-refractivity contribution is -0.135. The number of rotatable bonds is 3. The second kappa shape index (κ2) is 6.41. The number of hydrogen-bond acceptors (Lipinski definition) is 3. The van der Waals surface area contributed by atoms with Crippen molar-refractivity contribution in [2.45, 2.75) is 12.5 Å². The fraction of sp³-hybridized carbons (Fsp3) is 0.353. The van der Waals surface area contributed by atoms with Crippen LogP contribution in [0.4, 0.5) is 0 Å². The van der Waals surface area contributed by atoms with Crippen LogP contribution in [-0.4, -0.2) is 42.4 Å². The number of benzene rings is 1. The van der Waals surface area contributed by atoms with Crippen LogP contribution in [0.25, 0.3) is 0 Å². The molecule has 1 amide bonds. The topological polar surface area (TPSA) is 23.6 Å². The summed E-state index contributed by atoms with van der Waals surface area (Å²) in [5.74, 6) is 0.232. The first-order valence-corrected chi connectivity index (χ1v) is 8.22. The van der Waals surface area contributed by atoms with Crippen molar-refractivity contribution in [1.82, 2.24) is 9.80 Å². The van der Waals surface area contributed by atoms with Gasteiger partial charge in [0.15, 0.2) is 0 Å². The van der Waals surface area contributed by atoms with Crippen LogP contribution in [0.1, 0.15) is 17.2 Å². The van der Waals surface area contributed by atoms with E-state index in [1.807, 2.05) is 34.5 Å². The largest absolute Gasteiger partial charge is 0.333 e. The second-order valence-electron chi connectivity index (χ2n) is 5.58. The molecule has 1 aromatic heterocycles. The standard InChI is InChI=1S/C17H20N2OS/c1-18-8-9-19(17(20)11-14-7-10-21-13-14)16(12-18)15-5-3-2-4-6-15/h2-7,10,13,16H,8-9,11-12H2,1H3/t16-/m0/s1. The predicted molar refractivity (Wildman–Crippen MR) is 86.4 cm³/mol. The maximum absolute atomic E-state index is 12.7. The number of carbonyl (C=O) groups is 1. The number of carbonyl (C=O) groups excluding carboxylic acids is 1. The molecule has 21 heavy (non-hydrogen) atoms. The maximum atomic E-state index is 12.7. The summed E-state index contributed by atoms with van der Waals surface area (Å²) < 4.78 is 0. The van der Waals surface area contributed by atoms with Gasteiger partial charge in [0.25, 0.3) is 0 Å². The molecule has 0 saturated carbocycles. The normalized spacial score (nSPS) is 19.7. The lowest BCUT2D eigenvalue weighted by atomic mass is 10.0. The van der Waals surface area contributed by atoms with Crippen LogP contribution in [0.2, 0.25) is 0 Å². The van der Waals surface area contributed by atoms with Crippen molar-refractivity contribution < 1.29 is 4.79 Å².